The van der Waals surface area contributed by atoms with Crippen LogP contribution in [0.5, 0.6) is 0 Å². The maximum absolute atomic E-state index is 13.4. The first-order valence-corrected chi connectivity index (χ1v) is 11.7. The third-order valence-corrected chi connectivity index (χ3v) is 6.83. The average Bonchev–Trinajstić information content (AvgIpc) is 3.15. The Balaban J connectivity index is 1.47. The molecule has 2 aliphatic rings. The third-order valence-electron chi connectivity index (χ3n) is 6.83. The van der Waals surface area contributed by atoms with E-state index in [0.29, 0.717) is 12.1 Å². The van der Waals surface area contributed by atoms with Crippen molar-refractivity contribution < 1.29 is 9.50 Å². The van der Waals surface area contributed by atoms with E-state index in [1.165, 1.54) is 12.1 Å². The number of fused-ring (bicyclic) bond motifs is 1. The predicted molar refractivity (Wildman–Crippen MR) is 125 cm³/mol. The van der Waals surface area contributed by atoms with Crippen LogP contribution in [0, 0.1) is 5.82 Å². The molecule has 0 atom stereocenters. The highest BCUT2D eigenvalue weighted by molar-refractivity contribution is 5.81. The van der Waals surface area contributed by atoms with E-state index in [4.69, 9.17) is 10.7 Å². The van der Waals surface area contributed by atoms with Crippen molar-refractivity contribution in [3.8, 4) is 0 Å². The van der Waals surface area contributed by atoms with Gasteiger partial charge < -0.3 is 26.0 Å². The molecule has 8 heteroatoms. The van der Waals surface area contributed by atoms with E-state index in [1.54, 1.807) is 12.1 Å². The molecule has 0 aliphatic heterocycles. The van der Waals surface area contributed by atoms with Crippen molar-refractivity contribution in [3.63, 3.8) is 0 Å². The number of aliphatic hydroxyl groups excluding tert-OH is 1. The summed E-state index contributed by atoms with van der Waals surface area (Å²) >= 11 is 0. The lowest BCUT2D eigenvalue weighted by Gasteiger charge is -2.29. The zero-order valence-electron chi connectivity index (χ0n) is 18.2. The Morgan fingerprint density at radius 1 is 1.00 bits per heavy atom. The number of hydrogen-bond donors (Lipinski definition) is 4. The van der Waals surface area contributed by atoms with Crippen molar-refractivity contribution in [2.24, 2.45) is 5.73 Å². The smallest absolute Gasteiger partial charge is 0.208 e. The number of nitrogens with two attached hydrogens (primary N) is 1. The SMILES string of the molecule is NC1CCC(Nc2cc3c(cn2)nc(Nc2ccc(F)cc2)n3C2CCC(O)CC2)CC1. The first kappa shape index (κ1) is 21.2. The summed E-state index contributed by atoms with van der Waals surface area (Å²) in [7, 11) is 0. The second kappa shape index (κ2) is 9.03. The van der Waals surface area contributed by atoms with Gasteiger partial charge in [0.15, 0.2) is 0 Å². The highest BCUT2D eigenvalue weighted by Crippen LogP contribution is 2.36. The van der Waals surface area contributed by atoms with Crippen molar-refractivity contribution in [1.29, 1.82) is 0 Å². The van der Waals surface area contributed by atoms with Gasteiger partial charge >= 0.3 is 0 Å². The minimum absolute atomic E-state index is 0.230. The molecular weight excluding hydrogens is 407 g/mol. The number of aromatic nitrogens is 3. The Hall–Kier alpha value is -2.71. The average molecular weight is 439 g/mol. The number of pyridine rings is 1. The molecule has 2 saturated carbocycles. The van der Waals surface area contributed by atoms with Crippen LogP contribution >= 0.6 is 0 Å². The van der Waals surface area contributed by atoms with Crippen molar-refractivity contribution in [3.05, 3.63) is 42.3 Å². The maximum atomic E-state index is 13.4. The van der Waals surface area contributed by atoms with E-state index in [0.717, 1.165) is 79.9 Å². The van der Waals surface area contributed by atoms with E-state index < -0.39 is 0 Å². The Morgan fingerprint density at radius 2 is 1.72 bits per heavy atom. The Labute approximate surface area is 187 Å². The van der Waals surface area contributed by atoms with Gasteiger partial charge in [-0.2, -0.15) is 0 Å². The van der Waals surface area contributed by atoms with E-state index in [9.17, 15) is 9.50 Å². The fraction of sp³-hybridized carbons (Fsp3) is 0.500. The summed E-state index contributed by atoms with van der Waals surface area (Å²) in [4.78, 5) is 9.43. The monoisotopic (exact) mass is 438 g/mol. The molecule has 2 fully saturated rings. The fourth-order valence-corrected chi connectivity index (χ4v) is 4.99. The lowest BCUT2D eigenvalue weighted by Crippen LogP contribution is -2.33. The van der Waals surface area contributed by atoms with Gasteiger partial charge in [-0.05, 0) is 75.6 Å². The number of aliphatic hydroxyl groups is 1. The minimum Gasteiger partial charge on any atom is -0.393 e. The predicted octanol–water partition coefficient (Wildman–Crippen LogP) is 4.47. The number of nitrogens with zero attached hydrogens (tertiary/aromatic N) is 3. The van der Waals surface area contributed by atoms with Crippen LogP contribution in [0.3, 0.4) is 0 Å². The molecule has 170 valence electrons. The summed E-state index contributed by atoms with van der Waals surface area (Å²) in [5.74, 6) is 1.30. The van der Waals surface area contributed by atoms with Gasteiger partial charge in [0.2, 0.25) is 5.95 Å². The first-order chi connectivity index (χ1) is 15.5. The lowest BCUT2D eigenvalue weighted by atomic mass is 9.92. The van der Waals surface area contributed by atoms with E-state index in [2.05, 4.69) is 26.3 Å². The summed E-state index contributed by atoms with van der Waals surface area (Å²) in [5, 5.41) is 17.0. The molecule has 0 saturated heterocycles. The molecule has 0 spiro atoms. The van der Waals surface area contributed by atoms with E-state index in [-0.39, 0.29) is 18.0 Å². The number of nitrogens with one attached hydrogen (secondary N) is 2. The maximum Gasteiger partial charge on any atom is 0.208 e. The van der Waals surface area contributed by atoms with Crippen LogP contribution < -0.4 is 16.4 Å². The molecule has 1 aromatic carbocycles. The molecule has 3 aromatic rings. The molecule has 5 rings (SSSR count). The lowest BCUT2D eigenvalue weighted by molar-refractivity contribution is 0.112. The van der Waals surface area contributed by atoms with Crippen LogP contribution in [0.25, 0.3) is 11.0 Å². The fourth-order valence-electron chi connectivity index (χ4n) is 4.99. The van der Waals surface area contributed by atoms with Crippen LogP contribution in [0.2, 0.25) is 0 Å². The number of benzene rings is 1. The largest absolute Gasteiger partial charge is 0.393 e. The third kappa shape index (κ3) is 4.56. The second-order valence-electron chi connectivity index (χ2n) is 9.21. The Morgan fingerprint density at radius 3 is 2.44 bits per heavy atom. The molecule has 2 heterocycles. The standard InChI is InChI=1S/C24H31FN6O/c25-15-1-5-18(6-2-15)29-24-30-21-14-27-23(28-17-7-3-16(26)4-8-17)13-22(21)31(24)19-9-11-20(32)12-10-19/h1-2,5-6,13-14,16-17,19-20,32H,3-4,7-12,26H2,(H,27,28)(H,29,30). The van der Waals surface area contributed by atoms with Crippen LogP contribution in [0.15, 0.2) is 36.5 Å². The number of hydrogen-bond acceptors (Lipinski definition) is 6. The number of anilines is 3. The highest BCUT2D eigenvalue weighted by atomic mass is 19.1. The zero-order chi connectivity index (χ0) is 22.1. The molecule has 0 unspecified atom stereocenters. The molecule has 5 N–H and O–H groups in total. The summed E-state index contributed by atoms with van der Waals surface area (Å²) in [6.45, 7) is 0. The van der Waals surface area contributed by atoms with Crippen molar-refractivity contribution in [1.82, 2.24) is 14.5 Å². The molecule has 0 bridgehead atoms. The zero-order valence-corrected chi connectivity index (χ0v) is 18.2. The molecule has 2 aromatic heterocycles. The van der Waals surface area contributed by atoms with Gasteiger partial charge in [-0.15, -0.1) is 0 Å². The molecule has 0 radical (unpaired) electrons. The summed E-state index contributed by atoms with van der Waals surface area (Å²) in [6.07, 6.45) is 9.09. The number of rotatable bonds is 5. The van der Waals surface area contributed by atoms with Gasteiger partial charge in [0.1, 0.15) is 17.2 Å². The van der Waals surface area contributed by atoms with E-state index in [1.807, 2.05) is 6.20 Å². The van der Waals surface area contributed by atoms with Gasteiger partial charge in [0, 0.05) is 29.9 Å². The quantitative estimate of drug-likeness (QED) is 0.469. The number of imidazole rings is 1. The van der Waals surface area contributed by atoms with Crippen LogP contribution in [0.1, 0.15) is 57.4 Å². The molecular formula is C24H31FN6O. The van der Waals surface area contributed by atoms with Crippen molar-refractivity contribution >= 4 is 28.5 Å². The van der Waals surface area contributed by atoms with Crippen LogP contribution in [-0.4, -0.2) is 37.8 Å². The van der Waals surface area contributed by atoms with Crippen molar-refractivity contribution in [2.75, 3.05) is 10.6 Å². The first-order valence-electron chi connectivity index (χ1n) is 11.7. The van der Waals surface area contributed by atoms with E-state index >= 15 is 0 Å². The summed E-state index contributed by atoms with van der Waals surface area (Å²) in [6, 6.07) is 9.31. The van der Waals surface area contributed by atoms with Gasteiger partial charge in [-0.3, -0.25) is 0 Å². The van der Waals surface area contributed by atoms with Gasteiger partial charge in [0.05, 0.1) is 17.8 Å². The normalized spacial score (nSPS) is 26.2. The summed E-state index contributed by atoms with van der Waals surface area (Å²) < 4.78 is 15.6. The van der Waals surface area contributed by atoms with Crippen LogP contribution in [0.4, 0.5) is 21.8 Å². The molecule has 7 nitrogen and oxygen atoms in total. The van der Waals surface area contributed by atoms with Crippen molar-refractivity contribution in [2.45, 2.75) is 75.6 Å². The van der Waals surface area contributed by atoms with Gasteiger partial charge in [-0.25, -0.2) is 14.4 Å². The van der Waals surface area contributed by atoms with Gasteiger partial charge in [0.25, 0.3) is 0 Å². The second-order valence-corrected chi connectivity index (χ2v) is 9.21. The molecule has 32 heavy (non-hydrogen) atoms. The topological polar surface area (TPSA) is 101 Å². The highest BCUT2D eigenvalue weighted by Gasteiger charge is 2.26. The summed E-state index contributed by atoms with van der Waals surface area (Å²) in [5.41, 5.74) is 8.66. The number of halogens is 1. The van der Waals surface area contributed by atoms with Gasteiger partial charge in [-0.1, -0.05) is 0 Å². The molecule has 2 aliphatic carbocycles. The molecule has 0 amide bonds. The Kier molecular flexibility index (Phi) is 5.97. The van der Waals surface area contributed by atoms with Crippen LogP contribution in [-0.2, 0) is 0 Å². The Bertz CT molecular complexity index is 1050. The minimum atomic E-state index is -0.270.